The standard InChI is InChI=1S/C16H17FN4O.ClH/c17-13-3-1-2-12(10-13)16(22)20-15-5-4-14(11-19-15)21-8-6-18-7-9-21;/h1-5,10-11,18H,6-9H2,(H,19,20,22);1H. The second-order valence-electron chi connectivity index (χ2n) is 5.10. The summed E-state index contributed by atoms with van der Waals surface area (Å²) < 4.78 is 13.1. The van der Waals surface area contributed by atoms with E-state index >= 15 is 0 Å². The first kappa shape index (κ1) is 17.2. The van der Waals surface area contributed by atoms with Crippen molar-refractivity contribution in [2.45, 2.75) is 0 Å². The summed E-state index contributed by atoms with van der Waals surface area (Å²) >= 11 is 0. The lowest BCUT2D eigenvalue weighted by atomic mass is 10.2. The van der Waals surface area contributed by atoms with Crippen LogP contribution in [0.3, 0.4) is 0 Å². The predicted octanol–water partition coefficient (Wildman–Crippen LogP) is 2.30. The van der Waals surface area contributed by atoms with Crippen molar-refractivity contribution in [1.29, 1.82) is 0 Å². The number of nitrogens with zero attached hydrogens (tertiary/aromatic N) is 2. The maximum absolute atomic E-state index is 13.1. The number of hydrogen-bond acceptors (Lipinski definition) is 4. The van der Waals surface area contributed by atoms with E-state index in [0.717, 1.165) is 31.9 Å². The summed E-state index contributed by atoms with van der Waals surface area (Å²) in [4.78, 5) is 18.5. The lowest BCUT2D eigenvalue weighted by molar-refractivity contribution is 0.102. The normalized spacial score (nSPS) is 14.0. The van der Waals surface area contributed by atoms with E-state index < -0.39 is 5.82 Å². The average molecular weight is 337 g/mol. The molecule has 0 spiro atoms. The fraction of sp³-hybridized carbons (Fsp3) is 0.250. The van der Waals surface area contributed by atoms with E-state index in [-0.39, 0.29) is 23.9 Å². The number of piperazine rings is 1. The van der Waals surface area contributed by atoms with Crippen LogP contribution in [0.1, 0.15) is 10.4 Å². The monoisotopic (exact) mass is 336 g/mol. The van der Waals surface area contributed by atoms with Crippen LogP contribution in [-0.4, -0.2) is 37.1 Å². The molecule has 3 rings (SSSR count). The number of carbonyl (C=O) groups excluding carboxylic acids is 1. The molecule has 122 valence electrons. The van der Waals surface area contributed by atoms with Crippen LogP contribution in [-0.2, 0) is 0 Å². The lowest BCUT2D eigenvalue weighted by Crippen LogP contribution is -2.43. The number of benzene rings is 1. The molecule has 1 aliphatic heterocycles. The van der Waals surface area contributed by atoms with Gasteiger partial charge in [-0.25, -0.2) is 9.37 Å². The summed E-state index contributed by atoms with van der Waals surface area (Å²) in [6.07, 6.45) is 1.74. The van der Waals surface area contributed by atoms with E-state index in [0.29, 0.717) is 5.82 Å². The van der Waals surface area contributed by atoms with Crippen molar-refractivity contribution in [1.82, 2.24) is 10.3 Å². The van der Waals surface area contributed by atoms with Gasteiger partial charge in [0.05, 0.1) is 11.9 Å². The molecule has 2 heterocycles. The largest absolute Gasteiger partial charge is 0.368 e. The van der Waals surface area contributed by atoms with Crippen molar-refractivity contribution in [2.75, 3.05) is 36.4 Å². The molecular weight excluding hydrogens is 319 g/mol. The third kappa shape index (κ3) is 4.40. The first-order valence-corrected chi connectivity index (χ1v) is 7.21. The molecule has 1 aliphatic rings. The van der Waals surface area contributed by atoms with Crippen molar-refractivity contribution < 1.29 is 9.18 Å². The van der Waals surface area contributed by atoms with Crippen molar-refractivity contribution in [3.05, 3.63) is 54.0 Å². The number of carbonyl (C=O) groups is 1. The summed E-state index contributed by atoms with van der Waals surface area (Å²) in [6, 6.07) is 9.26. The molecule has 5 nitrogen and oxygen atoms in total. The zero-order valence-electron chi connectivity index (χ0n) is 12.5. The quantitative estimate of drug-likeness (QED) is 0.903. The van der Waals surface area contributed by atoms with E-state index in [1.807, 2.05) is 6.07 Å². The van der Waals surface area contributed by atoms with Crippen LogP contribution < -0.4 is 15.5 Å². The Morgan fingerprint density at radius 3 is 2.65 bits per heavy atom. The Labute approximate surface area is 140 Å². The third-order valence-electron chi connectivity index (χ3n) is 3.56. The molecule has 23 heavy (non-hydrogen) atoms. The molecule has 1 aromatic carbocycles. The SMILES string of the molecule is Cl.O=C(Nc1ccc(N2CCNCC2)cn1)c1cccc(F)c1. The molecule has 0 saturated carbocycles. The molecule has 0 unspecified atom stereocenters. The van der Waals surface area contributed by atoms with Gasteiger partial charge in [-0.2, -0.15) is 0 Å². The van der Waals surface area contributed by atoms with Crippen LogP contribution in [0.5, 0.6) is 0 Å². The highest BCUT2D eigenvalue weighted by Crippen LogP contribution is 2.16. The summed E-state index contributed by atoms with van der Waals surface area (Å²) in [5.41, 5.74) is 1.30. The van der Waals surface area contributed by atoms with E-state index in [2.05, 4.69) is 20.5 Å². The van der Waals surface area contributed by atoms with Crippen LogP contribution in [0, 0.1) is 5.82 Å². The van der Waals surface area contributed by atoms with Crippen molar-refractivity contribution in [3.63, 3.8) is 0 Å². The zero-order chi connectivity index (χ0) is 15.4. The Morgan fingerprint density at radius 1 is 1.22 bits per heavy atom. The molecule has 0 atom stereocenters. The van der Waals surface area contributed by atoms with Gasteiger partial charge < -0.3 is 15.5 Å². The highest BCUT2D eigenvalue weighted by Gasteiger charge is 2.11. The van der Waals surface area contributed by atoms with Gasteiger partial charge in [-0.05, 0) is 30.3 Å². The summed E-state index contributed by atoms with van der Waals surface area (Å²) in [6.45, 7) is 3.80. The van der Waals surface area contributed by atoms with E-state index in [4.69, 9.17) is 0 Å². The first-order valence-electron chi connectivity index (χ1n) is 7.21. The average Bonchev–Trinajstić information content (AvgIpc) is 2.56. The Morgan fingerprint density at radius 2 is 2.00 bits per heavy atom. The van der Waals surface area contributed by atoms with Crippen LogP contribution in [0.4, 0.5) is 15.9 Å². The molecule has 1 saturated heterocycles. The molecular formula is C16H18ClFN4O. The molecule has 7 heteroatoms. The first-order chi connectivity index (χ1) is 10.7. The Hall–Kier alpha value is -2.18. The Balaban J connectivity index is 0.00000192. The van der Waals surface area contributed by atoms with Gasteiger partial charge in [0.2, 0.25) is 0 Å². The highest BCUT2D eigenvalue weighted by molar-refractivity contribution is 6.03. The van der Waals surface area contributed by atoms with Gasteiger partial charge in [-0.3, -0.25) is 4.79 Å². The predicted molar refractivity (Wildman–Crippen MR) is 90.9 cm³/mol. The van der Waals surface area contributed by atoms with Gasteiger partial charge in [0, 0.05) is 31.7 Å². The summed E-state index contributed by atoms with van der Waals surface area (Å²) in [5, 5.41) is 5.96. The van der Waals surface area contributed by atoms with Gasteiger partial charge >= 0.3 is 0 Å². The van der Waals surface area contributed by atoms with Crippen molar-refractivity contribution in [2.24, 2.45) is 0 Å². The van der Waals surface area contributed by atoms with Gasteiger partial charge in [0.15, 0.2) is 0 Å². The molecule has 1 fully saturated rings. The van der Waals surface area contributed by atoms with Crippen molar-refractivity contribution in [3.8, 4) is 0 Å². The van der Waals surface area contributed by atoms with Crippen LogP contribution in [0.15, 0.2) is 42.6 Å². The number of halogens is 2. The van der Waals surface area contributed by atoms with E-state index in [1.54, 1.807) is 18.3 Å². The van der Waals surface area contributed by atoms with Gasteiger partial charge in [0.1, 0.15) is 11.6 Å². The fourth-order valence-electron chi connectivity index (χ4n) is 2.39. The topological polar surface area (TPSA) is 57.3 Å². The van der Waals surface area contributed by atoms with Crippen molar-refractivity contribution >= 4 is 29.8 Å². The van der Waals surface area contributed by atoms with Crippen LogP contribution in [0.2, 0.25) is 0 Å². The zero-order valence-corrected chi connectivity index (χ0v) is 13.3. The van der Waals surface area contributed by atoms with E-state index in [9.17, 15) is 9.18 Å². The number of nitrogens with one attached hydrogen (secondary N) is 2. The summed E-state index contributed by atoms with van der Waals surface area (Å²) in [5.74, 6) is -0.357. The van der Waals surface area contributed by atoms with Gasteiger partial charge in [0.25, 0.3) is 5.91 Å². The molecule has 2 aromatic rings. The number of pyridine rings is 1. The minimum absolute atomic E-state index is 0. The molecule has 1 aromatic heterocycles. The summed E-state index contributed by atoms with van der Waals surface area (Å²) in [7, 11) is 0. The van der Waals surface area contributed by atoms with Gasteiger partial charge in [-0.1, -0.05) is 6.07 Å². The number of aromatic nitrogens is 1. The van der Waals surface area contributed by atoms with E-state index in [1.165, 1.54) is 18.2 Å². The Bertz CT molecular complexity index is 659. The second-order valence-corrected chi connectivity index (χ2v) is 5.10. The molecule has 0 bridgehead atoms. The molecule has 0 aliphatic carbocycles. The number of rotatable bonds is 3. The third-order valence-corrected chi connectivity index (χ3v) is 3.56. The minimum atomic E-state index is -0.435. The lowest BCUT2D eigenvalue weighted by Gasteiger charge is -2.29. The Kier molecular flexibility index (Phi) is 5.90. The maximum atomic E-state index is 13.1. The smallest absolute Gasteiger partial charge is 0.256 e. The molecule has 0 radical (unpaired) electrons. The fourth-order valence-corrected chi connectivity index (χ4v) is 2.39. The molecule has 1 amide bonds. The number of hydrogen-bond donors (Lipinski definition) is 2. The van der Waals surface area contributed by atoms with Gasteiger partial charge in [-0.15, -0.1) is 12.4 Å². The minimum Gasteiger partial charge on any atom is -0.368 e. The maximum Gasteiger partial charge on any atom is 0.256 e. The number of anilines is 2. The second kappa shape index (κ2) is 7.89. The van der Waals surface area contributed by atoms with Crippen LogP contribution in [0.25, 0.3) is 0 Å². The van der Waals surface area contributed by atoms with Crippen LogP contribution >= 0.6 is 12.4 Å². The highest BCUT2D eigenvalue weighted by atomic mass is 35.5. The molecule has 2 N–H and O–H groups in total. The number of amides is 1.